The van der Waals surface area contributed by atoms with Gasteiger partial charge in [0.15, 0.2) is 34.6 Å². The van der Waals surface area contributed by atoms with Crippen molar-refractivity contribution >= 4 is 29.7 Å². The van der Waals surface area contributed by atoms with Gasteiger partial charge in [-0.15, -0.1) is 0 Å². The van der Waals surface area contributed by atoms with E-state index in [9.17, 15) is 24.6 Å². The molecule has 31 heavy (non-hydrogen) atoms. The first-order valence-corrected chi connectivity index (χ1v) is 9.16. The first-order chi connectivity index (χ1) is 14.8. The Morgan fingerprint density at radius 3 is 1.90 bits per heavy atom. The summed E-state index contributed by atoms with van der Waals surface area (Å²) in [7, 11) is 1.42. The Morgan fingerprint density at radius 2 is 1.39 bits per heavy atom. The number of rotatable bonds is 10. The quantitative estimate of drug-likeness (QED) is 0.257. The second kappa shape index (κ2) is 11.2. The van der Waals surface area contributed by atoms with Crippen LogP contribution in [0.3, 0.4) is 0 Å². The second-order valence-electron chi connectivity index (χ2n) is 6.33. The highest BCUT2D eigenvalue weighted by molar-refractivity contribution is 6.10. The molecular weight excluding hydrogens is 404 g/mol. The van der Waals surface area contributed by atoms with E-state index in [-0.39, 0.29) is 36.2 Å². The summed E-state index contributed by atoms with van der Waals surface area (Å²) < 4.78 is 14.8. The highest BCUT2D eigenvalue weighted by atomic mass is 16.7. The number of ketones is 2. The van der Waals surface area contributed by atoms with Crippen LogP contribution in [0, 0.1) is 0 Å². The molecule has 0 fully saturated rings. The van der Waals surface area contributed by atoms with E-state index in [0.717, 1.165) is 0 Å². The number of esters is 1. The molecule has 0 atom stereocenters. The third-order valence-electron chi connectivity index (χ3n) is 3.94. The third kappa shape index (κ3) is 7.69. The molecule has 2 aromatic rings. The first-order valence-electron chi connectivity index (χ1n) is 9.16. The van der Waals surface area contributed by atoms with E-state index >= 15 is 0 Å². The van der Waals surface area contributed by atoms with Crippen LogP contribution in [0.25, 0.3) is 12.2 Å². The van der Waals surface area contributed by atoms with Crippen LogP contribution in [-0.2, 0) is 19.1 Å². The standard InChI is InChI=1S/C23H22O8/c1-15(24)30-14-31-23-12-17(6-10-21(23)28)4-8-19(26)13-18(25)7-3-16-5-9-20(27)22(11-16)29-2/h3-12,27-28H,13-14H2,1-2H3/b7-3+,8-4+. The number of phenols is 2. The van der Waals surface area contributed by atoms with Gasteiger partial charge in [0.2, 0.25) is 6.79 Å². The van der Waals surface area contributed by atoms with Crippen LogP contribution < -0.4 is 9.47 Å². The molecule has 0 saturated heterocycles. The average Bonchev–Trinajstić information content (AvgIpc) is 2.73. The largest absolute Gasteiger partial charge is 0.504 e. The van der Waals surface area contributed by atoms with Gasteiger partial charge in [0.05, 0.1) is 13.5 Å². The van der Waals surface area contributed by atoms with Gasteiger partial charge in [-0.2, -0.15) is 0 Å². The molecule has 0 aromatic heterocycles. The fourth-order valence-corrected chi connectivity index (χ4v) is 2.39. The number of hydrogen-bond donors (Lipinski definition) is 2. The fourth-order valence-electron chi connectivity index (χ4n) is 2.39. The number of allylic oxidation sites excluding steroid dienone is 2. The van der Waals surface area contributed by atoms with Crippen LogP contribution in [0.4, 0.5) is 0 Å². The zero-order valence-electron chi connectivity index (χ0n) is 17.0. The lowest BCUT2D eigenvalue weighted by molar-refractivity contribution is -0.147. The van der Waals surface area contributed by atoms with E-state index in [0.29, 0.717) is 11.1 Å². The van der Waals surface area contributed by atoms with Gasteiger partial charge < -0.3 is 24.4 Å². The van der Waals surface area contributed by atoms with Crippen LogP contribution in [0.5, 0.6) is 23.0 Å². The fraction of sp³-hybridized carbons (Fsp3) is 0.174. The highest BCUT2D eigenvalue weighted by Gasteiger charge is 2.07. The SMILES string of the molecule is COc1cc(/C=C/C(=O)CC(=O)/C=C/c2ccc(O)c(OCOC(C)=O)c2)ccc1O. The molecule has 2 rings (SSSR count). The molecule has 0 heterocycles. The Morgan fingerprint density at radius 1 is 0.871 bits per heavy atom. The molecule has 0 radical (unpaired) electrons. The minimum Gasteiger partial charge on any atom is -0.504 e. The Balaban J connectivity index is 1.94. The normalized spacial score (nSPS) is 10.9. The monoisotopic (exact) mass is 426 g/mol. The maximum atomic E-state index is 12.0. The van der Waals surface area contributed by atoms with E-state index in [4.69, 9.17) is 9.47 Å². The molecule has 8 nitrogen and oxygen atoms in total. The van der Waals surface area contributed by atoms with Crippen molar-refractivity contribution in [3.63, 3.8) is 0 Å². The van der Waals surface area contributed by atoms with Gasteiger partial charge in [0.1, 0.15) is 0 Å². The van der Waals surface area contributed by atoms with E-state index < -0.39 is 17.5 Å². The van der Waals surface area contributed by atoms with Gasteiger partial charge in [0, 0.05) is 6.92 Å². The van der Waals surface area contributed by atoms with Crippen molar-refractivity contribution in [3.8, 4) is 23.0 Å². The number of aromatic hydroxyl groups is 2. The number of hydrogen-bond acceptors (Lipinski definition) is 8. The molecule has 0 spiro atoms. The van der Waals surface area contributed by atoms with Crippen molar-refractivity contribution in [1.29, 1.82) is 0 Å². The lowest BCUT2D eigenvalue weighted by atomic mass is 10.1. The predicted molar refractivity (Wildman–Crippen MR) is 113 cm³/mol. The molecule has 0 amide bonds. The number of methoxy groups -OCH3 is 1. The molecule has 0 aliphatic rings. The Labute approximate surface area is 179 Å². The molecule has 2 N–H and O–H groups in total. The number of phenolic OH excluding ortho intramolecular Hbond substituents is 2. The topological polar surface area (TPSA) is 119 Å². The Hall–Kier alpha value is -4.07. The van der Waals surface area contributed by atoms with Crippen LogP contribution >= 0.6 is 0 Å². The summed E-state index contributed by atoms with van der Waals surface area (Å²) in [4.78, 5) is 34.8. The van der Waals surface area contributed by atoms with Crippen LogP contribution in [0.15, 0.2) is 48.6 Å². The summed E-state index contributed by atoms with van der Waals surface area (Å²) in [6.45, 7) is 0.870. The summed E-state index contributed by atoms with van der Waals surface area (Å²) in [6.07, 6.45) is 5.20. The van der Waals surface area contributed by atoms with Crippen LogP contribution in [0.1, 0.15) is 24.5 Å². The van der Waals surface area contributed by atoms with Gasteiger partial charge in [-0.05, 0) is 47.5 Å². The number of carbonyl (C=O) groups excluding carboxylic acids is 3. The molecule has 0 aliphatic carbocycles. The van der Waals surface area contributed by atoms with Gasteiger partial charge in [-0.25, -0.2) is 0 Å². The van der Waals surface area contributed by atoms with E-state index in [1.807, 2.05) is 0 Å². The average molecular weight is 426 g/mol. The third-order valence-corrected chi connectivity index (χ3v) is 3.94. The molecule has 0 unspecified atom stereocenters. The minimum atomic E-state index is -0.524. The highest BCUT2D eigenvalue weighted by Crippen LogP contribution is 2.28. The summed E-state index contributed by atoms with van der Waals surface area (Å²) >= 11 is 0. The smallest absolute Gasteiger partial charge is 0.305 e. The first kappa shape index (κ1) is 23.2. The van der Waals surface area contributed by atoms with Crippen molar-refractivity contribution in [1.82, 2.24) is 0 Å². The zero-order valence-corrected chi connectivity index (χ0v) is 17.0. The maximum absolute atomic E-state index is 12.0. The molecule has 0 saturated carbocycles. The number of ether oxygens (including phenoxy) is 3. The van der Waals surface area contributed by atoms with Crippen molar-refractivity contribution in [3.05, 3.63) is 59.7 Å². The van der Waals surface area contributed by atoms with Crippen molar-refractivity contribution < 1.29 is 38.8 Å². The van der Waals surface area contributed by atoms with Gasteiger partial charge in [-0.3, -0.25) is 14.4 Å². The van der Waals surface area contributed by atoms with Crippen LogP contribution in [0.2, 0.25) is 0 Å². The van der Waals surface area contributed by atoms with Gasteiger partial charge in [0.25, 0.3) is 0 Å². The maximum Gasteiger partial charge on any atom is 0.305 e. The van der Waals surface area contributed by atoms with E-state index in [2.05, 4.69) is 4.74 Å². The lowest BCUT2D eigenvalue weighted by Crippen LogP contribution is -2.06. The zero-order chi connectivity index (χ0) is 22.8. The molecule has 162 valence electrons. The Kier molecular flexibility index (Phi) is 8.39. The summed E-state index contributed by atoms with van der Waals surface area (Å²) in [5.41, 5.74) is 1.18. The molecule has 8 heteroatoms. The molecule has 0 aliphatic heterocycles. The van der Waals surface area contributed by atoms with Crippen LogP contribution in [-0.4, -0.2) is 41.7 Å². The molecule has 2 aromatic carbocycles. The Bertz CT molecular complexity index is 1020. The summed E-state index contributed by atoms with van der Waals surface area (Å²) in [5.74, 6) is -1.13. The van der Waals surface area contributed by atoms with Crippen molar-refractivity contribution in [2.45, 2.75) is 13.3 Å². The van der Waals surface area contributed by atoms with E-state index in [1.54, 1.807) is 18.2 Å². The van der Waals surface area contributed by atoms with Gasteiger partial charge in [-0.1, -0.05) is 24.3 Å². The summed E-state index contributed by atoms with van der Waals surface area (Å²) in [5, 5.41) is 19.3. The molecule has 0 bridgehead atoms. The minimum absolute atomic E-state index is 0.0135. The van der Waals surface area contributed by atoms with Gasteiger partial charge >= 0.3 is 5.97 Å². The number of carbonyl (C=O) groups is 3. The lowest BCUT2D eigenvalue weighted by Gasteiger charge is -2.08. The predicted octanol–water partition coefficient (Wildman–Crippen LogP) is 3.26. The summed E-state index contributed by atoms with van der Waals surface area (Å²) in [6, 6.07) is 8.99. The van der Waals surface area contributed by atoms with Crippen molar-refractivity contribution in [2.24, 2.45) is 0 Å². The number of benzene rings is 2. The van der Waals surface area contributed by atoms with Crippen molar-refractivity contribution in [2.75, 3.05) is 13.9 Å². The molecular formula is C23H22O8. The second-order valence-corrected chi connectivity index (χ2v) is 6.33. The van der Waals surface area contributed by atoms with E-state index in [1.165, 1.54) is 56.5 Å².